The summed E-state index contributed by atoms with van der Waals surface area (Å²) in [7, 11) is 0. The highest BCUT2D eigenvalue weighted by molar-refractivity contribution is 5.74. The van der Waals surface area contributed by atoms with Crippen molar-refractivity contribution < 1.29 is 135 Å². The van der Waals surface area contributed by atoms with Gasteiger partial charge in [-0.2, -0.15) is 0 Å². The third-order valence-electron chi connectivity index (χ3n) is 20.8. The van der Waals surface area contributed by atoms with Gasteiger partial charge in [0.15, 0.2) is 0 Å². The molecule has 0 atom stereocenters. The molecule has 0 saturated carbocycles. The van der Waals surface area contributed by atoms with Gasteiger partial charge in [0.1, 0.15) is 31.8 Å². The Labute approximate surface area is 768 Å². The lowest BCUT2D eigenvalue weighted by Gasteiger charge is -2.32. The molecule has 0 radical (unpaired) electrons. The average Bonchev–Trinajstić information content (AvgIpc) is 0.848. The van der Waals surface area contributed by atoms with Crippen LogP contribution in [0.2, 0.25) is 0 Å². The summed E-state index contributed by atoms with van der Waals surface area (Å²) in [5.41, 5.74) is 20.4. The van der Waals surface area contributed by atoms with E-state index in [2.05, 4.69) is 10.6 Å². The molecule has 0 amide bonds. The highest BCUT2D eigenvalue weighted by atomic mass is 16.6. The topological polar surface area (TPSA) is 538 Å². The number of nitrogens with one attached hydrogen (secondary N) is 2. The van der Waals surface area contributed by atoms with Crippen LogP contribution in [0.25, 0.3) is 0 Å². The summed E-state index contributed by atoms with van der Waals surface area (Å²) >= 11 is 0. The van der Waals surface area contributed by atoms with Gasteiger partial charge in [0, 0.05) is 105 Å². The van der Waals surface area contributed by atoms with Crippen molar-refractivity contribution in [2.24, 2.45) is 28.3 Å². The summed E-state index contributed by atoms with van der Waals surface area (Å²) in [6, 6.07) is 0. The largest absolute Gasteiger partial charge is 0.466 e. The van der Waals surface area contributed by atoms with E-state index in [-0.39, 0.29) is 220 Å². The van der Waals surface area contributed by atoms with Gasteiger partial charge in [-0.1, -0.05) is 25.7 Å². The van der Waals surface area contributed by atoms with Crippen LogP contribution in [0.3, 0.4) is 0 Å². The minimum atomic E-state index is -1.80. The smallest absolute Gasteiger partial charge is 0.307 e. The van der Waals surface area contributed by atoms with Crippen LogP contribution >= 0.6 is 0 Å². The summed E-state index contributed by atoms with van der Waals surface area (Å²) in [5, 5.41) is 44.6. The first kappa shape index (κ1) is 122. The Kier molecular flexibility index (Phi) is 85.4. The number of aliphatic hydroxyl groups excluding tert-OH is 4. The second-order valence-electron chi connectivity index (χ2n) is 32.4. The van der Waals surface area contributed by atoms with Gasteiger partial charge in [0.25, 0.3) is 0 Å². The monoisotopic (exact) mass is 1850 g/mol. The van der Waals surface area contributed by atoms with Crippen molar-refractivity contribution in [1.29, 1.82) is 0 Å². The third-order valence-corrected chi connectivity index (χ3v) is 20.8. The highest BCUT2D eigenvalue weighted by Gasteiger charge is 2.39. The lowest BCUT2D eigenvalue weighted by Crippen LogP contribution is -2.44. The molecule has 0 aromatic carbocycles. The van der Waals surface area contributed by atoms with Crippen molar-refractivity contribution in [3.8, 4) is 0 Å². The molecule has 14 N–H and O–H groups in total. The quantitative estimate of drug-likeness (QED) is 0.0216. The number of hydrogen-bond acceptors (Lipinski definition) is 38. The van der Waals surface area contributed by atoms with Gasteiger partial charge in [-0.25, -0.2) is 0 Å². The van der Waals surface area contributed by atoms with E-state index in [0.717, 1.165) is 51.4 Å². The number of ether oxygens (including phenoxy) is 12. The Balaban J connectivity index is 7.26. The highest BCUT2D eigenvalue weighted by Crippen LogP contribution is 2.24. The van der Waals surface area contributed by atoms with E-state index < -0.39 is 79.6 Å². The predicted octanol–water partition coefficient (Wildman–Crippen LogP) is 5.07. The van der Waals surface area contributed by atoms with Crippen LogP contribution in [0.5, 0.6) is 0 Å². The zero-order chi connectivity index (χ0) is 94.8. The third kappa shape index (κ3) is 81.6. The molecule has 129 heavy (non-hydrogen) atoms. The molecule has 0 fully saturated rings. The maximum Gasteiger partial charge on any atom is 0.307 e. The Morgan fingerprint density at radius 2 is 0.380 bits per heavy atom. The zero-order valence-corrected chi connectivity index (χ0v) is 78.3. The fraction of sp³-hybridized carbons (Fsp3) is 0.868. The number of carbonyl (C=O) groups excluding carboxylic acids is 12. The van der Waals surface area contributed by atoms with Gasteiger partial charge in [-0.15, -0.1) is 0 Å². The number of hydrogen-bond donors (Lipinski definition) is 10. The number of esters is 12. The second kappa shape index (κ2) is 90.3. The second-order valence-corrected chi connectivity index (χ2v) is 32.4. The van der Waals surface area contributed by atoms with Crippen molar-refractivity contribution >= 4 is 71.6 Å². The fourth-order valence-corrected chi connectivity index (χ4v) is 12.8. The summed E-state index contributed by atoms with van der Waals surface area (Å²) in [4.78, 5) is 166. The number of nitrogens with zero attached hydrogens (tertiary/aromatic N) is 4. The van der Waals surface area contributed by atoms with Gasteiger partial charge in [0.2, 0.25) is 0 Å². The predicted molar refractivity (Wildman–Crippen MR) is 484 cm³/mol. The molecule has 0 bridgehead atoms. The number of carbonyl (C=O) groups is 12. The van der Waals surface area contributed by atoms with Gasteiger partial charge in [-0.05, 0) is 232 Å². The van der Waals surface area contributed by atoms with Crippen molar-refractivity contribution in [3.63, 3.8) is 0 Å². The van der Waals surface area contributed by atoms with E-state index in [1.54, 1.807) is 0 Å². The number of nitrogens with two attached hydrogens (primary N) is 4. The van der Waals surface area contributed by atoms with Crippen LogP contribution in [0.15, 0.2) is 0 Å². The molecule has 0 aliphatic heterocycles. The molecule has 0 aliphatic rings. The van der Waals surface area contributed by atoms with E-state index >= 15 is 0 Å². The van der Waals surface area contributed by atoms with Crippen LogP contribution in [0, 0.1) is 5.41 Å². The lowest BCUT2D eigenvalue weighted by molar-refractivity contribution is -0.171. The molecule has 0 heterocycles. The Bertz CT molecular complexity index is 2460. The Morgan fingerprint density at radius 1 is 0.194 bits per heavy atom. The minimum absolute atomic E-state index is 0.0342. The van der Waals surface area contributed by atoms with E-state index in [1.807, 2.05) is 19.6 Å². The lowest BCUT2D eigenvalue weighted by atomic mass is 9.92. The van der Waals surface area contributed by atoms with Gasteiger partial charge < -0.3 is 130 Å². The first-order chi connectivity index (χ1) is 62.7. The maximum absolute atomic E-state index is 14.3. The van der Waals surface area contributed by atoms with E-state index in [4.69, 9.17) is 79.8 Å². The van der Waals surface area contributed by atoms with Gasteiger partial charge in [0.05, 0.1) is 117 Å². The van der Waals surface area contributed by atoms with Gasteiger partial charge in [-0.3, -0.25) is 57.5 Å². The fourth-order valence-electron chi connectivity index (χ4n) is 12.8. The molecule has 0 aliphatic carbocycles. The first-order valence-electron chi connectivity index (χ1n) is 48.1. The van der Waals surface area contributed by atoms with Gasteiger partial charge >= 0.3 is 71.6 Å². The molecule has 0 aromatic rings. The van der Waals surface area contributed by atoms with Crippen molar-refractivity contribution in [2.45, 2.75) is 270 Å². The van der Waals surface area contributed by atoms with Crippen LogP contribution in [0.4, 0.5) is 0 Å². The molecule has 0 saturated heterocycles. The number of aliphatic hydroxyl groups is 4. The summed E-state index contributed by atoms with van der Waals surface area (Å²) in [5.74, 6) is -6.29. The summed E-state index contributed by atoms with van der Waals surface area (Å²) in [6.07, 6.45) is 19.2. The number of rotatable bonds is 96. The molecular formula is C91H170N10O28. The molecule has 752 valence electrons. The SMILES string of the molecule is NCCCCCCC(=O)OCCCCOC(=O)CCN(CCCCCO)CCC(=O)OCC(COC(=O)CCN(CCCCCO)CCC(=O)OCCCCOC(=O)CCCCCCN)(COC(=O)CCN(CCCCCO)CCC(=O)OCCCCOC(=O)CCNCCCN)COC(=O)CCN(CCCCCO)CCC(=O)OCCCCOC(=O)CCNCCCN. The molecule has 38 heteroatoms. The van der Waals surface area contributed by atoms with E-state index in [9.17, 15) is 78.0 Å². The van der Waals surface area contributed by atoms with E-state index in [0.29, 0.717) is 233 Å². The molecule has 0 spiro atoms. The Hall–Kier alpha value is -6.92. The van der Waals surface area contributed by atoms with Crippen molar-refractivity contribution in [3.05, 3.63) is 0 Å². The molecule has 0 aromatic heterocycles. The zero-order valence-electron chi connectivity index (χ0n) is 78.3. The molecular weight excluding hydrogens is 1680 g/mol. The molecule has 0 unspecified atom stereocenters. The average molecular weight is 1850 g/mol. The van der Waals surface area contributed by atoms with Crippen LogP contribution in [0.1, 0.15) is 270 Å². The minimum Gasteiger partial charge on any atom is -0.466 e. The Morgan fingerprint density at radius 3 is 0.589 bits per heavy atom. The summed E-state index contributed by atoms with van der Waals surface area (Å²) in [6.45, 7) is 5.73. The molecule has 0 rings (SSSR count). The molecule has 38 nitrogen and oxygen atoms in total. The van der Waals surface area contributed by atoms with Crippen LogP contribution < -0.4 is 33.6 Å². The number of unbranched alkanes of at least 4 members (excludes halogenated alkanes) is 18. The van der Waals surface area contributed by atoms with Crippen LogP contribution in [-0.4, -0.2) is 348 Å². The first-order valence-corrected chi connectivity index (χ1v) is 48.1. The standard InChI is InChI=1S/C91H170N10O28/c92-43-11-3-1-9-31-79(106)118-67-21-25-71-122-83(110)35-55-98(51-13-5-17-63-102)59-39-87(114)126-75-91(76-127-88(115)40-60-99(52-14-6-18-64-103)56-36-84(111)123-72-26-22-68-119-80(107)32-10-2-4-12-44-93,77-128-89(116)41-61-100(53-15-7-19-65-104)57-37-85(112)124-73-27-23-69-120-81(108)33-49-96-47-29-45-94)78-129-90(117)42-62-101(54-16-8-20-66-105)58-38-86(113)125-74-28-24-70-121-82(109)34-50-97-48-30-46-95/h96-97,102-105H,1-78,92-95H2. The van der Waals surface area contributed by atoms with Crippen molar-refractivity contribution in [1.82, 2.24) is 30.2 Å². The maximum atomic E-state index is 14.3. The van der Waals surface area contributed by atoms with Crippen molar-refractivity contribution in [2.75, 3.05) is 237 Å². The normalized spacial score (nSPS) is 11.4. The van der Waals surface area contributed by atoms with Crippen LogP contribution in [-0.2, 0) is 114 Å². The summed E-state index contributed by atoms with van der Waals surface area (Å²) < 4.78 is 67.6. The van der Waals surface area contributed by atoms with E-state index in [1.165, 1.54) is 0 Å².